The van der Waals surface area contributed by atoms with Gasteiger partial charge in [0, 0.05) is 15.2 Å². The monoisotopic (exact) mass is 420 g/mol. The van der Waals surface area contributed by atoms with Crippen molar-refractivity contribution in [2.45, 2.75) is 24.7 Å². The number of hydrogen-bond acceptors (Lipinski definition) is 2. The van der Waals surface area contributed by atoms with Crippen LogP contribution in [0, 0.1) is 0 Å². The van der Waals surface area contributed by atoms with Gasteiger partial charge in [-0.2, -0.15) is 0 Å². The third kappa shape index (κ3) is 4.05. The van der Waals surface area contributed by atoms with Crippen molar-refractivity contribution in [2.24, 2.45) is 0 Å². The number of carbonyl (C=O) groups excluding carboxylic acids is 2. The molecule has 0 spiro atoms. The lowest BCUT2D eigenvalue weighted by molar-refractivity contribution is -0.131. The van der Waals surface area contributed by atoms with Crippen LogP contribution in [-0.4, -0.2) is 18.4 Å². The Bertz CT molecular complexity index is 771. The molecule has 130 valence electrons. The highest BCUT2D eigenvalue weighted by molar-refractivity contribution is 9.10. The first-order valence-corrected chi connectivity index (χ1v) is 9.26. The fourth-order valence-electron chi connectivity index (χ4n) is 3.01. The number of benzene rings is 2. The Labute approximate surface area is 160 Å². The maximum absolute atomic E-state index is 12.7. The molecule has 2 aromatic carbocycles. The Kier molecular flexibility index (Phi) is 5.45. The zero-order valence-electron chi connectivity index (χ0n) is 13.5. The van der Waals surface area contributed by atoms with E-state index in [0.717, 1.165) is 29.3 Å². The molecule has 2 N–H and O–H groups in total. The summed E-state index contributed by atoms with van der Waals surface area (Å²) >= 11 is 9.23. The van der Waals surface area contributed by atoms with Crippen LogP contribution in [0.4, 0.5) is 5.69 Å². The van der Waals surface area contributed by atoms with Crippen molar-refractivity contribution in [3.63, 3.8) is 0 Å². The second-order valence-corrected chi connectivity index (χ2v) is 7.53. The van der Waals surface area contributed by atoms with Crippen molar-refractivity contribution in [2.75, 3.05) is 11.9 Å². The molecule has 0 saturated heterocycles. The largest absolute Gasteiger partial charge is 0.346 e. The van der Waals surface area contributed by atoms with Gasteiger partial charge in [-0.3, -0.25) is 9.59 Å². The molecule has 0 heterocycles. The highest BCUT2D eigenvalue weighted by Crippen LogP contribution is 2.44. The molecule has 0 radical (unpaired) electrons. The van der Waals surface area contributed by atoms with Gasteiger partial charge in [-0.25, -0.2) is 0 Å². The SMILES string of the molecule is O=C(CNC(=O)C1(c2ccc(Br)cc2)CCC1)Nc1ccc(Cl)cc1. The van der Waals surface area contributed by atoms with E-state index in [2.05, 4.69) is 26.6 Å². The Morgan fingerprint density at radius 2 is 1.68 bits per heavy atom. The summed E-state index contributed by atoms with van der Waals surface area (Å²) in [6.07, 6.45) is 2.62. The van der Waals surface area contributed by atoms with Crippen molar-refractivity contribution in [1.82, 2.24) is 5.32 Å². The van der Waals surface area contributed by atoms with Gasteiger partial charge in [0.1, 0.15) is 0 Å². The van der Waals surface area contributed by atoms with E-state index in [1.807, 2.05) is 24.3 Å². The normalized spacial score (nSPS) is 15.1. The quantitative estimate of drug-likeness (QED) is 0.757. The molecular formula is C19H18BrClN2O2. The average molecular weight is 422 g/mol. The van der Waals surface area contributed by atoms with Crippen molar-refractivity contribution in [1.29, 1.82) is 0 Å². The first kappa shape index (κ1) is 18.0. The molecule has 2 aromatic rings. The summed E-state index contributed by atoms with van der Waals surface area (Å²) in [5.74, 6) is -0.353. The standard InChI is InChI=1S/C19H18BrClN2O2/c20-14-4-2-13(3-5-14)19(10-1-11-19)18(25)22-12-17(24)23-16-8-6-15(21)7-9-16/h2-9H,1,10-12H2,(H,22,25)(H,23,24). The van der Waals surface area contributed by atoms with Crippen LogP contribution in [0.15, 0.2) is 53.0 Å². The van der Waals surface area contributed by atoms with Crippen LogP contribution >= 0.6 is 27.5 Å². The predicted octanol–water partition coefficient (Wildman–Crippen LogP) is 4.28. The van der Waals surface area contributed by atoms with E-state index in [0.29, 0.717) is 10.7 Å². The van der Waals surface area contributed by atoms with E-state index >= 15 is 0 Å². The minimum atomic E-state index is -0.513. The summed E-state index contributed by atoms with van der Waals surface area (Å²) in [6, 6.07) is 14.7. The van der Waals surface area contributed by atoms with E-state index in [1.54, 1.807) is 24.3 Å². The number of amides is 2. The Balaban J connectivity index is 1.60. The van der Waals surface area contributed by atoms with Crippen molar-refractivity contribution < 1.29 is 9.59 Å². The predicted molar refractivity (Wildman–Crippen MR) is 103 cm³/mol. The van der Waals surface area contributed by atoms with Gasteiger partial charge in [-0.1, -0.05) is 46.1 Å². The average Bonchev–Trinajstić information content (AvgIpc) is 2.56. The zero-order chi connectivity index (χ0) is 17.9. The number of hydrogen-bond donors (Lipinski definition) is 2. The topological polar surface area (TPSA) is 58.2 Å². The minimum absolute atomic E-state index is 0.0558. The van der Waals surface area contributed by atoms with Gasteiger partial charge in [-0.05, 0) is 54.8 Å². The maximum atomic E-state index is 12.7. The fourth-order valence-corrected chi connectivity index (χ4v) is 3.40. The molecule has 6 heteroatoms. The second kappa shape index (κ2) is 7.58. The lowest BCUT2D eigenvalue weighted by Gasteiger charge is -2.40. The maximum Gasteiger partial charge on any atom is 0.243 e. The minimum Gasteiger partial charge on any atom is -0.346 e. The third-order valence-corrected chi connectivity index (χ3v) is 5.36. The molecule has 1 aliphatic carbocycles. The van der Waals surface area contributed by atoms with E-state index < -0.39 is 5.41 Å². The van der Waals surface area contributed by atoms with Gasteiger partial charge < -0.3 is 10.6 Å². The summed E-state index contributed by atoms with van der Waals surface area (Å²) < 4.78 is 0.980. The van der Waals surface area contributed by atoms with Crippen LogP contribution in [0.3, 0.4) is 0 Å². The summed E-state index contributed by atoms with van der Waals surface area (Å²) in [6.45, 7) is -0.0558. The lowest BCUT2D eigenvalue weighted by atomic mass is 9.64. The summed E-state index contributed by atoms with van der Waals surface area (Å²) in [5.41, 5.74) is 1.13. The second-order valence-electron chi connectivity index (χ2n) is 6.18. The molecule has 0 aromatic heterocycles. The van der Waals surface area contributed by atoms with Crippen LogP contribution in [0.5, 0.6) is 0 Å². The molecule has 3 rings (SSSR count). The highest BCUT2D eigenvalue weighted by atomic mass is 79.9. The fraction of sp³-hybridized carbons (Fsp3) is 0.263. The van der Waals surface area contributed by atoms with Crippen LogP contribution < -0.4 is 10.6 Å². The van der Waals surface area contributed by atoms with Crippen molar-refractivity contribution in [3.8, 4) is 0 Å². The molecule has 1 aliphatic rings. The molecule has 4 nitrogen and oxygen atoms in total. The first-order chi connectivity index (χ1) is 12.0. The molecule has 0 aliphatic heterocycles. The van der Waals surface area contributed by atoms with Crippen LogP contribution in [0.2, 0.25) is 5.02 Å². The van der Waals surface area contributed by atoms with Gasteiger partial charge in [0.15, 0.2) is 0 Å². The smallest absolute Gasteiger partial charge is 0.243 e. The molecule has 0 unspecified atom stereocenters. The summed E-state index contributed by atoms with van der Waals surface area (Å²) in [4.78, 5) is 24.8. The van der Waals surface area contributed by atoms with Gasteiger partial charge in [0.05, 0.1) is 12.0 Å². The highest BCUT2D eigenvalue weighted by Gasteiger charge is 2.45. The van der Waals surface area contributed by atoms with Crippen LogP contribution in [0.25, 0.3) is 0 Å². The number of carbonyl (C=O) groups is 2. The number of rotatable bonds is 5. The zero-order valence-corrected chi connectivity index (χ0v) is 15.9. The molecular weight excluding hydrogens is 404 g/mol. The Morgan fingerprint density at radius 1 is 1.04 bits per heavy atom. The van der Waals surface area contributed by atoms with E-state index in [-0.39, 0.29) is 18.4 Å². The molecule has 0 bridgehead atoms. The van der Waals surface area contributed by atoms with Crippen LogP contribution in [0.1, 0.15) is 24.8 Å². The Hall–Kier alpha value is -1.85. The van der Waals surface area contributed by atoms with Gasteiger partial charge in [0.2, 0.25) is 11.8 Å². The van der Waals surface area contributed by atoms with E-state index in [1.165, 1.54) is 0 Å². The Morgan fingerprint density at radius 3 is 2.24 bits per heavy atom. The summed E-state index contributed by atoms with van der Waals surface area (Å²) in [5, 5.41) is 6.13. The van der Waals surface area contributed by atoms with Gasteiger partial charge >= 0.3 is 0 Å². The van der Waals surface area contributed by atoms with Crippen molar-refractivity contribution in [3.05, 3.63) is 63.6 Å². The molecule has 1 saturated carbocycles. The third-order valence-electron chi connectivity index (χ3n) is 4.58. The van der Waals surface area contributed by atoms with Crippen LogP contribution in [-0.2, 0) is 15.0 Å². The van der Waals surface area contributed by atoms with E-state index in [4.69, 9.17) is 11.6 Å². The van der Waals surface area contributed by atoms with Crippen molar-refractivity contribution >= 4 is 45.0 Å². The molecule has 25 heavy (non-hydrogen) atoms. The first-order valence-electron chi connectivity index (χ1n) is 8.09. The lowest BCUT2D eigenvalue weighted by Crippen LogP contribution is -2.50. The molecule has 0 atom stereocenters. The number of nitrogens with one attached hydrogen (secondary N) is 2. The van der Waals surface area contributed by atoms with E-state index in [9.17, 15) is 9.59 Å². The molecule has 2 amide bonds. The van der Waals surface area contributed by atoms with Gasteiger partial charge in [0.25, 0.3) is 0 Å². The summed E-state index contributed by atoms with van der Waals surface area (Å²) in [7, 11) is 0. The van der Waals surface area contributed by atoms with Gasteiger partial charge in [-0.15, -0.1) is 0 Å². The number of halogens is 2. The number of anilines is 1. The molecule has 1 fully saturated rings.